The van der Waals surface area contributed by atoms with E-state index in [9.17, 15) is 18.3 Å². The number of nitrogens with one attached hydrogen (secondary N) is 1. The summed E-state index contributed by atoms with van der Waals surface area (Å²) >= 11 is 0. The zero-order valence-corrected chi connectivity index (χ0v) is 14.6. The second-order valence-corrected chi connectivity index (χ2v) is 8.37. The lowest BCUT2D eigenvalue weighted by Crippen LogP contribution is -2.38. The highest BCUT2D eigenvalue weighted by Crippen LogP contribution is 2.23. The zero-order valence-electron chi connectivity index (χ0n) is 13.8. The number of hydrogen-bond acceptors (Lipinski definition) is 6. The fourth-order valence-electron chi connectivity index (χ4n) is 2.86. The van der Waals surface area contributed by atoms with Gasteiger partial charge in [-0.05, 0) is 49.9 Å². The van der Waals surface area contributed by atoms with Gasteiger partial charge in [0, 0.05) is 23.9 Å². The van der Waals surface area contributed by atoms with Crippen LogP contribution in [0.5, 0.6) is 0 Å². The lowest BCUT2D eigenvalue weighted by atomic mass is 9.93. The summed E-state index contributed by atoms with van der Waals surface area (Å²) in [6.07, 6.45) is 3.71. The number of benzene rings is 1. The molecule has 3 rings (SSSR count). The molecule has 2 aromatic rings. The van der Waals surface area contributed by atoms with E-state index < -0.39 is 9.84 Å². The molecule has 0 radical (unpaired) electrons. The van der Waals surface area contributed by atoms with Crippen LogP contribution in [0.1, 0.15) is 36.2 Å². The maximum absolute atomic E-state index is 12.2. The smallest absolute Gasteiger partial charge is 0.273 e. The number of aliphatic hydroxyl groups is 1. The van der Waals surface area contributed by atoms with Gasteiger partial charge in [-0.1, -0.05) is 5.16 Å². The number of aliphatic hydroxyl groups excluding tert-OH is 1. The van der Waals surface area contributed by atoms with Gasteiger partial charge in [-0.15, -0.1) is 0 Å². The van der Waals surface area contributed by atoms with Crippen LogP contribution in [0.25, 0.3) is 11.3 Å². The maximum atomic E-state index is 12.2. The first-order valence-electron chi connectivity index (χ1n) is 8.09. The summed E-state index contributed by atoms with van der Waals surface area (Å²) in [4.78, 5) is 12.5. The van der Waals surface area contributed by atoms with Gasteiger partial charge in [-0.2, -0.15) is 0 Å². The molecule has 0 unspecified atom stereocenters. The molecule has 134 valence electrons. The van der Waals surface area contributed by atoms with E-state index in [4.69, 9.17) is 4.52 Å². The van der Waals surface area contributed by atoms with Crippen LogP contribution in [-0.2, 0) is 9.84 Å². The molecule has 0 aliphatic heterocycles. The second-order valence-electron chi connectivity index (χ2n) is 6.35. The Hall–Kier alpha value is -2.19. The van der Waals surface area contributed by atoms with Crippen LogP contribution >= 0.6 is 0 Å². The molecule has 1 amide bonds. The van der Waals surface area contributed by atoms with Crippen molar-refractivity contribution in [2.75, 3.05) is 6.26 Å². The third kappa shape index (κ3) is 4.26. The van der Waals surface area contributed by atoms with Crippen molar-refractivity contribution in [3.8, 4) is 11.3 Å². The van der Waals surface area contributed by atoms with Gasteiger partial charge in [0.1, 0.15) is 0 Å². The highest BCUT2D eigenvalue weighted by Gasteiger charge is 2.23. The van der Waals surface area contributed by atoms with Crippen LogP contribution in [-0.4, -0.2) is 43.0 Å². The second kappa shape index (κ2) is 6.97. The monoisotopic (exact) mass is 364 g/mol. The van der Waals surface area contributed by atoms with E-state index in [0.717, 1.165) is 19.1 Å². The summed E-state index contributed by atoms with van der Waals surface area (Å²) < 4.78 is 28.2. The molecule has 1 saturated carbocycles. The van der Waals surface area contributed by atoms with Crippen LogP contribution in [0.15, 0.2) is 39.8 Å². The Morgan fingerprint density at radius 3 is 2.44 bits per heavy atom. The van der Waals surface area contributed by atoms with Crippen molar-refractivity contribution in [1.82, 2.24) is 10.5 Å². The quantitative estimate of drug-likeness (QED) is 0.856. The Balaban J connectivity index is 1.68. The molecule has 25 heavy (non-hydrogen) atoms. The van der Waals surface area contributed by atoms with Gasteiger partial charge in [0.15, 0.2) is 21.3 Å². The van der Waals surface area contributed by atoms with Gasteiger partial charge in [0.05, 0.1) is 11.0 Å². The summed E-state index contributed by atoms with van der Waals surface area (Å²) in [5, 5.41) is 16.2. The van der Waals surface area contributed by atoms with Crippen molar-refractivity contribution in [2.45, 2.75) is 42.7 Å². The van der Waals surface area contributed by atoms with Crippen LogP contribution in [0.2, 0.25) is 0 Å². The molecule has 0 saturated heterocycles. The molecule has 7 nitrogen and oxygen atoms in total. The molecule has 1 aliphatic rings. The third-order valence-corrected chi connectivity index (χ3v) is 5.47. The first-order chi connectivity index (χ1) is 11.8. The largest absolute Gasteiger partial charge is 0.393 e. The van der Waals surface area contributed by atoms with E-state index in [1.165, 1.54) is 18.2 Å². The van der Waals surface area contributed by atoms with Crippen LogP contribution < -0.4 is 5.32 Å². The van der Waals surface area contributed by atoms with Crippen LogP contribution in [0, 0.1) is 0 Å². The minimum absolute atomic E-state index is 0.0325. The molecule has 1 aromatic heterocycles. The lowest BCUT2D eigenvalue weighted by molar-refractivity contribution is 0.0859. The number of carbonyl (C=O) groups excluding carboxylic acids is 1. The maximum Gasteiger partial charge on any atom is 0.273 e. The van der Waals surface area contributed by atoms with Gasteiger partial charge >= 0.3 is 0 Å². The summed E-state index contributed by atoms with van der Waals surface area (Å²) in [5.74, 6) is 0.0772. The fourth-order valence-corrected chi connectivity index (χ4v) is 3.49. The minimum Gasteiger partial charge on any atom is -0.393 e. The number of aromatic nitrogens is 1. The Kier molecular flexibility index (Phi) is 4.91. The van der Waals surface area contributed by atoms with Crippen LogP contribution in [0.3, 0.4) is 0 Å². The Morgan fingerprint density at radius 1 is 1.20 bits per heavy atom. The third-order valence-electron chi connectivity index (χ3n) is 4.34. The van der Waals surface area contributed by atoms with E-state index in [0.29, 0.717) is 24.2 Å². The number of rotatable bonds is 4. The van der Waals surface area contributed by atoms with Gasteiger partial charge in [0.2, 0.25) is 0 Å². The molecule has 1 heterocycles. The lowest BCUT2D eigenvalue weighted by Gasteiger charge is -2.25. The molecule has 1 aliphatic carbocycles. The average molecular weight is 364 g/mol. The fraction of sp³-hybridized carbons (Fsp3) is 0.412. The van der Waals surface area contributed by atoms with Crippen molar-refractivity contribution in [2.24, 2.45) is 0 Å². The van der Waals surface area contributed by atoms with E-state index in [1.807, 2.05) is 0 Å². The summed E-state index contributed by atoms with van der Waals surface area (Å²) in [5.41, 5.74) is 0.813. The van der Waals surface area contributed by atoms with E-state index >= 15 is 0 Å². The predicted octanol–water partition coefficient (Wildman–Crippen LogP) is 1.78. The molecular weight excluding hydrogens is 344 g/mol. The summed E-state index contributed by atoms with van der Waals surface area (Å²) in [6, 6.07) is 7.76. The predicted molar refractivity (Wildman–Crippen MR) is 90.8 cm³/mol. The molecule has 0 bridgehead atoms. The number of hydrogen-bond donors (Lipinski definition) is 2. The van der Waals surface area contributed by atoms with E-state index in [-0.39, 0.29) is 28.6 Å². The molecule has 8 heteroatoms. The number of sulfone groups is 1. The number of amides is 1. The Labute approximate surface area is 145 Å². The highest BCUT2D eigenvalue weighted by molar-refractivity contribution is 7.90. The van der Waals surface area contributed by atoms with Crippen molar-refractivity contribution in [3.05, 3.63) is 36.0 Å². The molecule has 0 atom stereocenters. The normalized spacial score (nSPS) is 21.0. The van der Waals surface area contributed by atoms with E-state index in [1.54, 1.807) is 12.1 Å². The first kappa shape index (κ1) is 17.6. The molecular formula is C17H20N2O5S. The standard InChI is InChI=1S/C17H20N2O5S/c1-25(22,23)14-8-2-11(3-9-14)16-10-15(19-24-16)17(21)18-12-4-6-13(20)7-5-12/h2-3,8-10,12-13,20H,4-7H2,1H3,(H,18,21). The number of carbonyl (C=O) groups is 1. The highest BCUT2D eigenvalue weighted by atomic mass is 32.2. The van der Waals surface area contributed by atoms with Crippen molar-refractivity contribution >= 4 is 15.7 Å². The molecule has 0 spiro atoms. The zero-order chi connectivity index (χ0) is 18.0. The van der Waals surface area contributed by atoms with E-state index in [2.05, 4.69) is 10.5 Å². The van der Waals surface area contributed by atoms with Crippen molar-refractivity contribution < 1.29 is 22.8 Å². The Bertz CT molecular complexity index is 849. The van der Waals surface area contributed by atoms with Gasteiger partial charge < -0.3 is 14.9 Å². The van der Waals surface area contributed by atoms with Crippen molar-refractivity contribution in [3.63, 3.8) is 0 Å². The SMILES string of the molecule is CS(=O)(=O)c1ccc(-c2cc(C(=O)NC3CCC(O)CC3)no2)cc1. The number of nitrogens with zero attached hydrogens (tertiary/aromatic N) is 1. The van der Waals surface area contributed by atoms with Crippen LogP contribution in [0.4, 0.5) is 0 Å². The molecule has 2 N–H and O–H groups in total. The van der Waals surface area contributed by atoms with Gasteiger partial charge in [-0.3, -0.25) is 4.79 Å². The first-order valence-corrected chi connectivity index (χ1v) is 9.98. The topological polar surface area (TPSA) is 110 Å². The average Bonchev–Trinajstić information content (AvgIpc) is 3.06. The molecule has 1 aromatic carbocycles. The summed E-state index contributed by atoms with van der Waals surface area (Å²) in [7, 11) is -3.26. The van der Waals surface area contributed by atoms with Gasteiger partial charge in [0.25, 0.3) is 5.91 Å². The summed E-state index contributed by atoms with van der Waals surface area (Å²) in [6.45, 7) is 0. The minimum atomic E-state index is -3.26. The molecule has 1 fully saturated rings. The Morgan fingerprint density at radius 2 is 1.84 bits per heavy atom. The van der Waals surface area contributed by atoms with Crippen molar-refractivity contribution in [1.29, 1.82) is 0 Å². The van der Waals surface area contributed by atoms with Gasteiger partial charge in [-0.25, -0.2) is 8.42 Å².